The van der Waals surface area contributed by atoms with Crippen LogP contribution in [0.15, 0.2) is 11.1 Å². The Bertz CT molecular complexity index is 787. The molecule has 1 atom stereocenters. The normalized spacial score (nSPS) is 17.7. The van der Waals surface area contributed by atoms with Gasteiger partial charge in [0, 0.05) is 18.7 Å². The monoisotopic (exact) mass is 480 g/mol. The third kappa shape index (κ3) is 6.07. The maximum absolute atomic E-state index is 13.2. The van der Waals surface area contributed by atoms with Crippen LogP contribution in [0.5, 0.6) is 0 Å². The average Bonchev–Trinajstić information content (AvgIpc) is 2.60. The van der Waals surface area contributed by atoms with Crippen molar-refractivity contribution in [2.45, 2.75) is 86.0 Å². The number of hydrogen-bond acceptors (Lipinski definition) is 5. The lowest BCUT2D eigenvalue weighted by molar-refractivity contribution is -0.171. The van der Waals surface area contributed by atoms with Crippen molar-refractivity contribution in [3.63, 3.8) is 0 Å². The first kappa shape index (κ1) is 24.9. The summed E-state index contributed by atoms with van der Waals surface area (Å²) in [6, 6.07) is 0. The number of carbonyl (C=O) groups is 1. The van der Waals surface area contributed by atoms with Crippen LogP contribution in [0.25, 0.3) is 6.08 Å². The van der Waals surface area contributed by atoms with Crippen LogP contribution in [0.3, 0.4) is 0 Å². The first-order valence-electron chi connectivity index (χ1n) is 10.7. The second-order valence-electron chi connectivity index (χ2n) is 10.1. The summed E-state index contributed by atoms with van der Waals surface area (Å²) in [6.45, 7) is 21.9. The van der Waals surface area contributed by atoms with Crippen LogP contribution in [0.4, 0.5) is 5.69 Å². The molecule has 1 aromatic heterocycles. The number of hydrogen-bond donors (Lipinski definition) is 0. The quantitative estimate of drug-likeness (QED) is 0.451. The molecule has 0 aliphatic carbocycles. The zero-order valence-corrected chi connectivity index (χ0v) is 21.4. The van der Waals surface area contributed by atoms with Gasteiger partial charge in [-0.3, -0.25) is 4.98 Å². The lowest BCUT2D eigenvalue weighted by Crippen LogP contribution is -2.39. The molecule has 0 saturated carbocycles. The molecule has 1 fully saturated rings. The van der Waals surface area contributed by atoms with Crippen LogP contribution in [0.1, 0.15) is 84.4 Å². The molecule has 1 saturated heterocycles. The van der Waals surface area contributed by atoms with Gasteiger partial charge in [0.25, 0.3) is 0 Å². The van der Waals surface area contributed by atoms with Crippen molar-refractivity contribution < 1.29 is 14.3 Å². The second kappa shape index (κ2) is 9.39. The van der Waals surface area contributed by atoms with Crippen LogP contribution in [0, 0.1) is 12.3 Å². The van der Waals surface area contributed by atoms with Gasteiger partial charge in [-0.2, -0.15) is 0 Å². The van der Waals surface area contributed by atoms with Crippen molar-refractivity contribution >= 4 is 33.7 Å². The minimum absolute atomic E-state index is 0.239. The summed E-state index contributed by atoms with van der Waals surface area (Å²) in [5, 5.41) is 0. The number of halogens is 1. The highest BCUT2D eigenvalue weighted by Crippen LogP contribution is 2.43. The number of aryl methyl sites for hydroxylation is 1. The molecule has 5 nitrogen and oxygen atoms in total. The molecule has 0 amide bonds. The van der Waals surface area contributed by atoms with E-state index in [1.54, 1.807) is 6.08 Å². The number of aromatic nitrogens is 1. The Hall–Kier alpha value is -1.40. The SMILES string of the molecule is C=Cc1nc(C)c(Br)c(N2CCC(C)(C)CC2)c1[C@H](OC(C)(C)C)C(=O)OC(C)C. The van der Waals surface area contributed by atoms with Gasteiger partial charge in [-0.25, -0.2) is 4.79 Å². The molecular weight excluding hydrogens is 444 g/mol. The van der Waals surface area contributed by atoms with Crippen molar-refractivity contribution in [1.82, 2.24) is 4.98 Å². The molecule has 2 heterocycles. The Labute approximate surface area is 190 Å². The number of nitrogens with zero attached hydrogens (tertiary/aromatic N) is 2. The molecule has 0 unspecified atom stereocenters. The molecule has 6 heteroatoms. The van der Waals surface area contributed by atoms with E-state index in [4.69, 9.17) is 14.5 Å². The fourth-order valence-corrected chi connectivity index (χ4v) is 4.19. The lowest BCUT2D eigenvalue weighted by Gasteiger charge is -2.40. The number of piperidine rings is 1. The van der Waals surface area contributed by atoms with Gasteiger partial charge in [0.15, 0.2) is 6.10 Å². The van der Waals surface area contributed by atoms with Crippen LogP contribution in [-0.4, -0.2) is 35.7 Å². The maximum atomic E-state index is 13.2. The molecule has 168 valence electrons. The predicted molar refractivity (Wildman–Crippen MR) is 127 cm³/mol. The highest BCUT2D eigenvalue weighted by Gasteiger charge is 2.37. The van der Waals surface area contributed by atoms with Crippen molar-refractivity contribution in [2.75, 3.05) is 18.0 Å². The van der Waals surface area contributed by atoms with E-state index in [0.29, 0.717) is 11.1 Å². The molecular formula is C24H37BrN2O3. The van der Waals surface area contributed by atoms with E-state index < -0.39 is 17.7 Å². The molecule has 0 bridgehead atoms. The van der Waals surface area contributed by atoms with Gasteiger partial charge >= 0.3 is 5.97 Å². The zero-order chi connectivity index (χ0) is 22.9. The zero-order valence-electron chi connectivity index (χ0n) is 19.8. The van der Waals surface area contributed by atoms with Crippen LogP contribution >= 0.6 is 15.9 Å². The summed E-state index contributed by atoms with van der Waals surface area (Å²) in [4.78, 5) is 20.2. The third-order valence-electron chi connectivity index (χ3n) is 5.27. The Morgan fingerprint density at radius 3 is 2.30 bits per heavy atom. The van der Waals surface area contributed by atoms with E-state index >= 15 is 0 Å². The number of ether oxygens (including phenoxy) is 2. The maximum Gasteiger partial charge on any atom is 0.340 e. The fourth-order valence-electron chi connectivity index (χ4n) is 3.63. The summed E-state index contributed by atoms with van der Waals surface area (Å²) >= 11 is 3.76. The van der Waals surface area contributed by atoms with E-state index in [0.717, 1.165) is 47.3 Å². The van der Waals surface area contributed by atoms with Crippen molar-refractivity contribution in [3.05, 3.63) is 28.0 Å². The Morgan fingerprint density at radius 1 is 1.27 bits per heavy atom. The van der Waals surface area contributed by atoms with E-state index in [1.807, 2.05) is 41.5 Å². The average molecular weight is 481 g/mol. The van der Waals surface area contributed by atoms with Gasteiger partial charge in [-0.05, 0) is 81.8 Å². The Kier molecular flexibility index (Phi) is 7.78. The number of esters is 1. The molecule has 30 heavy (non-hydrogen) atoms. The second-order valence-corrected chi connectivity index (χ2v) is 10.9. The largest absolute Gasteiger partial charge is 0.461 e. The first-order valence-corrected chi connectivity index (χ1v) is 11.5. The molecule has 0 radical (unpaired) electrons. The van der Waals surface area contributed by atoms with Gasteiger partial charge < -0.3 is 14.4 Å². The standard InChI is InChI=1S/C24H37BrN2O3/c1-10-17-18(21(30-23(5,6)7)22(28)29-15(2)3)20(19(25)16(4)26-17)27-13-11-24(8,9)12-14-27/h10,15,21H,1,11-14H2,2-9H3/t21-/m0/s1. The van der Waals surface area contributed by atoms with Gasteiger partial charge in [-0.15, -0.1) is 0 Å². The summed E-state index contributed by atoms with van der Waals surface area (Å²) in [7, 11) is 0. The minimum atomic E-state index is -0.894. The Morgan fingerprint density at radius 2 is 1.83 bits per heavy atom. The number of carbonyl (C=O) groups excluding carboxylic acids is 1. The molecule has 1 aliphatic rings. The van der Waals surface area contributed by atoms with Crippen LogP contribution in [0.2, 0.25) is 0 Å². The molecule has 0 spiro atoms. The lowest BCUT2D eigenvalue weighted by atomic mass is 9.82. The molecule has 0 N–H and O–H groups in total. The summed E-state index contributed by atoms with van der Waals surface area (Å²) < 4.78 is 12.8. The highest BCUT2D eigenvalue weighted by molar-refractivity contribution is 9.10. The van der Waals surface area contributed by atoms with E-state index in [1.165, 1.54) is 0 Å². The third-order valence-corrected chi connectivity index (χ3v) is 6.22. The summed E-state index contributed by atoms with van der Waals surface area (Å²) in [5.41, 5.74) is 2.97. The van der Waals surface area contributed by atoms with E-state index in [9.17, 15) is 4.79 Å². The summed E-state index contributed by atoms with van der Waals surface area (Å²) in [5.74, 6) is -0.404. The van der Waals surface area contributed by atoms with Crippen LogP contribution in [-0.2, 0) is 14.3 Å². The van der Waals surface area contributed by atoms with Crippen LogP contribution < -0.4 is 4.90 Å². The molecule has 1 aliphatic heterocycles. The molecule has 0 aromatic carbocycles. The van der Waals surface area contributed by atoms with E-state index in [-0.39, 0.29) is 6.10 Å². The topological polar surface area (TPSA) is 51.7 Å². The first-order chi connectivity index (χ1) is 13.8. The number of rotatable bonds is 6. The minimum Gasteiger partial charge on any atom is -0.461 e. The number of pyridine rings is 1. The van der Waals surface area contributed by atoms with Crippen molar-refractivity contribution in [2.24, 2.45) is 5.41 Å². The van der Waals surface area contributed by atoms with Crippen molar-refractivity contribution in [1.29, 1.82) is 0 Å². The van der Waals surface area contributed by atoms with Crippen molar-refractivity contribution in [3.8, 4) is 0 Å². The molecule has 1 aromatic rings. The van der Waals surface area contributed by atoms with Gasteiger partial charge in [0.05, 0.1) is 33.3 Å². The summed E-state index contributed by atoms with van der Waals surface area (Å²) in [6.07, 6.45) is 2.72. The number of anilines is 1. The fraction of sp³-hybridized carbons (Fsp3) is 0.667. The van der Waals surface area contributed by atoms with Gasteiger partial charge in [-0.1, -0.05) is 20.4 Å². The van der Waals surface area contributed by atoms with Gasteiger partial charge in [0.1, 0.15) is 0 Å². The highest BCUT2D eigenvalue weighted by atomic mass is 79.9. The smallest absolute Gasteiger partial charge is 0.340 e. The molecule has 2 rings (SSSR count). The Balaban J connectivity index is 2.68. The van der Waals surface area contributed by atoms with Gasteiger partial charge in [0.2, 0.25) is 0 Å². The predicted octanol–water partition coefficient (Wildman–Crippen LogP) is 6.23. The van der Waals surface area contributed by atoms with E-state index in [2.05, 4.69) is 41.3 Å².